The van der Waals surface area contributed by atoms with E-state index in [2.05, 4.69) is 0 Å². The highest BCUT2D eigenvalue weighted by molar-refractivity contribution is 6.13. The van der Waals surface area contributed by atoms with Crippen molar-refractivity contribution in [2.45, 2.75) is 32.6 Å². The van der Waals surface area contributed by atoms with E-state index >= 15 is 0 Å². The highest BCUT2D eigenvalue weighted by atomic mass is 16.2. The molecule has 2 rings (SSSR count). The fourth-order valence-electron chi connectivity index (χ4n) is 2.50. The van der Waals surface area contributed by atoms with Gasteiger partial charge in [0.2, 0.25) is 5.91 Å². The van der Waals surface area contributed by atoms with Crippen LogP contribution >= 0.6 is 0 Å². The van der Waals surface area contributed by atoms with Crippen LogP contribution in [0.5, 0.6) is 0 Å². The minimum absolute atomic E-state index is 0.108. The average Bonchev–Trinajstić information content (AvgIpc) is 2.33. The summed E-state index contributed by atoms with van der Waals surface area (Å²) in [6.45, 7) is 5.81. The fraction of sp³-hybridized carbons (Fsp3) is 0.429. The number of likely N-dealkylation sites (N-methyl/N-ethyl adjacent to an activating group) is 1. The van der Waals surface area contributed by atoms with Crippen molar-refractivity contribution in [3.05, 3.63) is 34.9 Å². The highest BCUT2D eigenvalue weighted by Crippen LogP contribution is 2.37. The zero-order chi connectivity index (χ0) is 12.8. The molecule has 3 heteroatoms. The van der Waals surface area contributed by atoms with Crippen LogP contribution in [0.1, 0.15) is 41.8 Å². The fourth-order valence-corrected chi connectivity index (χ4v) is 2.50. The Labute approximate surface area is 101 Å². The molecule has 90 valence electrons. The maximum atomic E-state index is 12.3. The molecule has 1 aliphatic heterocycles. The summed E-state index contributed by atoms with van der Waals surface area (Å²) < 4.78 is 0. The van der Waals surface area contributed by atoms with E-state index in [-0.39, 0.29) is 11.8 Å². The monoisotopic (exact) mass is 231 g/mol. The van der Waals surface area contributed by atoms with Gasteiger partial charge < -0.3 is 0 Å². The Bertz CT molecular complexity index is 507. The molecule has 2 amide bonds. The minimum atomic E-state index is -0.579. The zero-order valence-corrected chi connectivity index (χ0v) is 10.7. The number of carbonyl (C=O) groups excluding carboxylic acids is 2. The molecule has 3 nitrogen and oxygen atoms in total. The van der Waals surface area contributed by atoms with Gasteiger partial charge >= 0.3 is 0 Å². The predicted octanol–water partition coefficient (Wildman–Crippen LogP) is 2.27. The molecule has 1 atom stereocenters. The molecule has 17 heavy (non-hydrogen) atoms. The van der Waals surface area contributed by atoms with E-state index in [1.54, 1.807) is 7.05 Å². The van der Waals surface area contributed by atoms with Crippen molar-refractivity contribution in [3.8, 4) is 0 Å². The van der Waals surface area contributed by atoms with Gasteiger partial charge in [-0.25, -0.2) is 0 Å². The number of aryl methyl sites for hydroxylation is 1. The third-order valence-corrected chi connectivity index (χ3v) is 3.87. The van der Waals surface area contributed by atoms with Crippen LogP contribution in [0, 0.1) is 6.92 Å². The van der Waals surface area contributed by atoms with E-state index in [9.17, 15) is 9.59 Å². The van der Waals surface area contributed by atoms with Crippen molar-refractivity contribution in [1.29, 1.82) is 0 Å². The predicted molar refractivity (Wildman–Crippen MR) is 65.9 cm³/mol. The molecule has 1 aromatic rings. The summed E-state index contributed by atoms with van der Waals surface area (Å²) in [6, 6.07) is 5.72. The molecule has 1 unspecified atom stereocenters. The molecule has 1 aliphatic rings. The third kappa shape index (κ3) is 1.42. The molecular weight excluding hydrogens is 214 g/mol. The van der Waals surface area contributed by atoms with Crippen molar-refractivity contribution in [1.82, 2.24) is 4.90 Å². The van der Waals surface area contributed by atoms with Crippen molar-refractivity contribution in [3.63, 3.8) is 0 Å². The first-order chi connectivity index (χ1) is 7.93. The van der Waals surface area contributed by atoms with Crippen molar-refractivity contribution < 1.29 is 9.59 Å². The van der Waals surface area contributed by atoms with Crippen LogP contribution in [-0.4, -0.2) is 23.8 Å². The Balaban J connectivity index is 2.78. The van der Waals surface area contributed by atoms with E-state index in [0.29, 0.717) is 12.0 Å². The maximum absolute atomic E-state index is 12.3. The number of hydrogen-bond acceptors (Lipinski definition) is 2. The summed E-state index contributed by atoms with van der Waals surface area (Å²) in [4.78, 5) is 25.7. The smallest absolute Gasteiger partial charge is 0.260 e. The molecule has 0 aliphatic carbocycles. The summed E-state index contributed by atoms with van der Waals surface area (Å²) in [5.74, 6) is -0.294. The molecule has 0 fully saturated rings. The zero-order valence-electron chi connectivity index (χ0n) is 10.7. The number of benzene rings is 1. The molecule has 1 heterocycles. The molecule has 0 saturated carbocycles. The van der Waals surface area contributed by atoms with Crippen LogP contribution in [0.2, 0.25) is 0 Å². The Morgan fingerprint density at radius 1 is 1.29 bits per heavy atom. The van der Waals surface area contributed by atoms with Gasteiger partial charge in [0.15, 0.2) is 0 Å². The lowest BCUT2D eigenvalue weighted by molar-refractivity contribution is -0.133. The number of hydrogen-bond donors (Lipinski definition) is 0. The van der Waals surface area contributed by atoms with Gasteiger partial charge in [-0.05, 0) is 31.4 Å². The summed E-state index contributed by atoms with van der Waals surface area (Å²) in [5.41, 5.74) is 1.92. The molecule has 0 spiro atoms. The van der Waals surface area contributed by atoms with Crippen molar-refractivity contribution >= 4 is 11.8 Å². The molecular formula is C14H17NO2. The first kappa shape index (κ1) is 11.8. The van der Waals surface area contributed by atoms with Crippen LogP contribution in [0.15, 0.2) is 18.2 Å². The quantitative estimate of drug-likeness (QED) is 0.695. The molecule has 0 saturated heterocycles. The van der Waals surface area contributed by atoms with Crippen LogP contribution in [0.3, 0.4) is 0 Å². The van der Waals surface area contributed by atoms with E-state index < -0.39 is 5.41 Å². The summed E-state index contributed by atoms with van der Waals surface area (Å²) in [6.07, 6.45) is 0.694. The lowest BCUT2D eigenvalue weighted by atomic mass is 9.73. The number of fused-ring (bicyclic) bond motifs is 1. The second kappa shape index (κ2) is 3.69. The van der Waals surface area contributed by atoms with Gasteiger partial charge in [0, 0.05) is 12.6 Å². The Hall–Kier alpha value is -1.64. The van der Waals surface area contributed by atoms with Gasteiger partial charge in [-0.2, -0.15) is 0 Å². The lowest BCUT2D eigenvalue weighted by Gasteiger charge is -2.38. The number of nitrogens with zero attached hydrogens (tertiary/aromatic N) is 1. The summed E-state index contributed by atoms with van der Waals surface area (Å²) in [5, 5.41) is 0. The van der Waals surface area contributed by atoms with E-state index in [4.69, 9.17) is 0 Å². The van der Waals surface area contributed by atoms with Crippen LogP contribution in [0.4, 0.5) is 0 Å². The summed E-state index contributed by atoms with van der Waals surface area (Å²) in [7, 11) is 1.56. The standard InChI is InChI=1S/C14H17NO2/c1-5-14(3)10-8-6-7-9(2)11(10)12(16)15(4)13(14)17/h6-8H,5H2,1-4H3. The number of imide groups is 1. The van der Waals surface area contributed by atoms with Gasteiger partial charge in [0.25, 0.3) is 5.91 Å². The molecule has 0 aromatic heterocycles. The maximum Gasteiger partial charge on any atom is 0.260 e. The van der Waals surface area contributed by atoms with E-state index in [1.807, 2.05) is 39.0 Å². The number of rotatable bonds is 1. The normalized spacial score (nSPS) is 23.9. The van der Waals surface area contributed by atoms with Crippen LogP contribution in [0.25, 0.3) is 0 Å². The first-order valence-electron chi connectivity index (χ1n) is 5.86. The van der Waals surface area contributed by atoms with Crippen molar-refractivity contribution in [2.24, 2.45) is 0 Å². The van der Waals surface area contributed by atoms with Gasteiger partial charge in [-0.15, -0.1) is 0 Å². The lowest BCUT2D eigenvalue weighted by Crippen LogP contribution is -2.51. The van der Waals surface area contributed by atoms with Gasteiger partial charge in [-0.3, -0.25) is 14.5 Å². The Morgan fingerprint density at radius 3 is 2.53 bits per heavy atom. The first-order valence-corrected chi connectivity index (χ1v) is 5.86. The molecule has 1 aromatic carbocycles. The third-order valence-electron chi connectivity index (χ3n) is 3.87. The van der Waals surface area contributed by atoms with Gasteiger partial charge in [0.05, 0.1) is 5.41 Å². The highest BCUT2D eigenvalue weighted by Gasteiger charge is 2.45. The van der Waals surface area contributed by atoms with Gasteiger partial charge in [-0.1, -0.05) is 25.1 Å². The van der Waals surface area contributed by atoms with Crippen LogP contribution in [-0.2, 0) is 10.2 Å². The second-order valence-corrected chi connectivity index (χ2v) is 4.85. The minimum Gasteiger partial charge on any atom is -0.281 e. The van der Waals surface area contributed by atoms with Crippen molar-refractivity contribution in [2.75, 3.05) is 7.05 Å². The van der Waals surface area contributed by atoms with Gasteiger partial charge in [0.1, 0.15) is 0 Å². The molecule has 0 radical (unpaired) electrons. The SMILES string of the molecule is CCC1(C)C(=O)N(C)C(=O)c2c(C)cccc21. The largest absolute Gasteiger partial charge is 0.281 e. The molecule has 0 bridgehead atoms. The number of amides is 2. The van der Waals surface area contributed by atoms with E-state index in [0.717, 1.165) is 11.1 Å². The average molecular weight is 231 g/mol. The topological polar surface area (TPSA) is 37.4 Å². The number of carbonyl (C=O) groups is 2. The molecule has 0 N–H and O–H groups in total. The Morgan fingerprint density at radius 2 is 1.94 bits per heavy atom. The summed E-state index contributed by atoms with van der Waals surface area (Å²) >= 11 is 0. The van der Waals surface area contributed by atoms with E-state index in [1.165, 1.54) is 4.90 Å². The Kier molecular flexibility index (Phi) is 2.57. The van der Waals surface area contributed by atoms with Crippen LogP contribution < -0.4 is 0 Å². The second-order valence-electron chi connectivity index (χ2n) is 4.85.